The summed E-state index contributed by atoms with van der Waals surface area (Å²) >= 11 is 11.1. The van der Waals surface area contributed by atoms with Crippen LogP contribution in [-0.4, -0.2) is 48.5 Å². The number of fused-ring (bicyclic) bond motifs is 1. The molecule has 3 heterocycles. The molecular weight excluding hydrogens is 535 g/mol. The zero-order valence-electron chi connectivity index (χ0n) is 19.9. The van der Waals surface area contributed by atoms with E-state index in [1.165, 1.54) is 26.3 Å². The first-order chi connectivity index (χ1) is 17.3. The van der Waals surface area contributed by atoms with Gasteiger partial charge in [-0.3, -0.25) is 9.59 Å². The van der Waals surface area contributed by atoms with E-state index in [4.69, 9.17) is 28.6 Å². The molecule has 37 heavy (non-hydrogen) atoms. The molecule has 1 aliphatic heterocycles. The molecule has 196 valence electrons. The number of benzene rings is 1. The Bertz CT molecular complexity index is 1530. The van der Waals surface area contributed by atoms with Gasteiger partial charge in [0.05, 0.1) is 29.9 Å². The van der Waals surface area contributed by atoms with Crippen molar-refractivity contribution in [3.63, 3.8) is 0 Å². The number of hydrogen-bond donors (Lipinski definition) is 1. The molecule has 0 saturated heterocycles. The maximum atomic E-state index is 13.5. The Kier molecular flexibility index (Phi) is 7.04. The normalized spacial score (nSPS) is 15.4. The minimum absolute atomic E-state index is 0.00467. The number of alkyl halides is 3. The largest absolute Gasteiger partial charge is 0.460 e. The lowest BCUT2D eigenvalue weighted by Gasteiger charge is -2.34. The predicted molar refractivity (Wildman–Crippen MR) is 129 cm³/mol. The van der Waals surface area contributed by atoms with E-state index in [-0.39, 0.29) is 41.5 Å². The minimum atomic E-state index is -4.72. The smallest absolute Gasteiger partial charge is 0.417 e. The summed E-state index contributed by atoms with van der Waals surface area (Å²) in [6.45, 7) is 3.43. The monoisotopic (exact) mass is 555 g/mol. The van der Waals surface area contributed by atoms with E-state index in [2.05, 4.69) is 9.97 Å². The SMILES string of the molecule is CCOC(=O)c1ncc(-n2c(=S)[nH]c3c(c2=O)C[C@@H](C)N(C(=O)c2ccc(Cl)c(C(F)(F)F)c2)C3)n1C. The van der Waals surface area contributed by atoms with Gasteiger partial charge in [-0.1, -0.05) is 11.6 Å². The Balaban J connectivity index is 1.71. The summed E-state index contributed by atoms with van der Waals surface area (Å²) in [6, 6.07) is 2.46. The Labute approximate surface area is 218 Å². The van der Waals surface area contributed by atoms with E-state index in [0.29, 0.717) is 11.3 Å². The predicted octanol–water partition coefficient (Wildman–Crippen LogP) is 4.06. The van der Waals surface area contributed by atoms with Crippen molar-refractivity contribution in [2.24, 2.45) is 7.05 Å². The molecule has 4 rings (SSSR count). The third kappa shape index (κ3) is 4.80. The Morgan fingerprint density at radius 2 is 2.03 bits per heavy atom. The number of esters is 1. The highest BCUT2D eigenvalue weighted by atomic mass is 35.5. The molecule has 3 aromatic rings. The molecule has 0 unspecified atom stereocenters. The van der Waals surface area contributed by atoms with Crippen LogP contribution in [0.1, 0.15) is 51.6 Å². The van der Waals surface area contributed by atoms with Crippen LogP contribution in [0.25, 0.3) is 5.82 Å². The number of ether oxygens (including phenoxy) is 1. The second kappa shape index (κ2) is 9.78. The molecule has 0 saturated carbocycles. The Morgan fingerprint density at radius 3 is 2.68 bits per heavy atom. The molecule has 9 nitrogen and oxygen atoms in total. The highest BCUT2D eigenvalue weighted by Crippen LogP contribution is 2.35. The molecular formula is C23H21ClF3N5O4S. The summed E-state index contributed by atoms with van der Waals surface area (Å²) in [6.07, 6.45) is -3.28. The number of aromatic amines is 1. The lowest BCUT2D eigenvalue weighted by atomic mass is 9.98. The zero-order chi connectivity index (χ0) is 27.2. The van der Waals surface area contributed by atoms with E-state index < -0.39 is 40.2 Å². The Morgan fingerprint density at radius 1 is 1.32 bits per heavy atom. The highest BCUT2D eigenvalue weighted by molar-refractivity contribution is 7.71. The minimum Gasteiger partial charge on any atom is -0.460 e. The quantitative estimate of drug-likeness (QED) is 0.385. The summed E-state index contributed by atoms with van der Waals surface area (Å²) in [4.78, 5) is 47.1. The van der Waals surface area contributed by atoms with Crippen molar-refractivity contribution < 1.29 is 27.5 Å². The summed E-state index contributed by atoms with van der Waals surface area (Å²) in [5.74, 6) is -1.07. The molecule has 0 spiro atoms. The van der Waals surface area contributed by atoms with Crippen molar-refractivity contribution in [1.29, 1.82) is 0 Å². The molecule has 14 heteroatoms. The summed E-state index contributed by atoms with van der Waals surface area (Å²) in [5, 5.41) is -0.507. The van der Waals surface area contributed by atoms with Gasteiger partial charge in [0.2, 0.25) is 5.82 Å². The number of rotatable bonds is 4. The van der Waals surface area contributed by atoms with Gasteiger partial charge < -0.3 is 19.2 Å². The lowest BCUT2D eigenvalue weighted by Crippen LogP contribution is -2.46. The van der Waals surface area contributed by atoms with Crippen LogP contribution in [0.3, 0.4) is 0 Å². The van der Waals surface area contributed by atoms with Crippen LogP contribution in [0, 0.1) is 4.77 Å². The third-order valence-electron chi connectivity index (χ3n) is 6.08. The molecule has 0 fully saturated rings. The van der Waals surface area contributed by atoms with E-state index in [1.807, 2.05) is 0 Å². The van der Waals surface area contributed by atoms with E-state index in [0.717, 1.165) is 12.1 Å². The van der Waals surface area contributed by atoms with Gasteiger partial charge in [-0.25, -0.2) is 14.3 Å². The number of H-pyrrole nitrogens is 1. The number of nitrogens with one attached hydrogen (secondary N) is 1. The number of nitrogens with zero attached hydrogens (tertiary/aromatic N) is 4. The van der Waals surface area contributed by atoms with E-state index in [1.54, 1.807) is 20.9 Å². The van der Waals surface area contributed by atoms with Crippen molar-refractivity contribution in [3.05, 3.63) is 72.8 Å². The van der Waals surface area contributed by atoms with Gasteiger partial charge in [-0.2, -0.15) is 13.2 Å². The number of imidazole rings is 1. The second-order valence-corrected chi connectivity index (χ2v) is 9.22. The zero-order valence-corrected chi connectivity index (χ0v) is 21.4. The first kappa shape index (κ1) is 26.6. The fourth-order valence-corrected chi connectivity index (χ4v) is 4.73. The van der Waals surface area contributed by atoms with Gasteiger partial charge in [-0.15, -0.1) is 0 Å². The average Bonchev–Trinajstić information content (AvgIpc) is 3.19. The number of hydrogen-bond acceptors (Lipinski definition) is 6. The van der Waals surface area contributed by atoms with Gasteiger partial charge in [0.1, 0.15) is 5.82 Å². The molecule has 1 amide bonds. The molecule has 0 bridgehead atoms. The van der Waals surface area contributed by atoms with Gasteiger partial charge in [0.15, 0.2) is 4.77 Å². The van der Waals surface area contributed by atoms with Gasteiger partial charge in [0, 0.05) is 29.9 Å². The first-order valence-electron chi connectivity index (χ1n) is 11.1. The average molecular weight is 556 g/mol. The molecule has 1 aromatic carbocycles. The fraction of sp³-hybridized carbons (Fsp3) is 0.348. The standard InChI is InChI=1S/C23H21ClF3N5O4S/c1-4-36-21(35)18-28-9-17(30(18)3)32-20(34)13-7-11(2)31(10-16(13)29-22(32)37)19(33)12-5-6-15(24)14(8-12)23(25,26)27/h5-6,8-9,11H,4,7,10H2,1-3H3,(H,29,37)/t11-/m1/s1. The van der Waals surface area contributed by atoms with Gasteiger partial charge in [-0.05, 0) is 50.7 Å². The van der Waals surface area contributed by atoms with Crippen molar-refractivity contribution in [2.45, 2.75) is 39.0 Å². The number of amides is 1. The first-order valence-corrected chi connectivity index (χ1v) is 11.9. The summed E-state index contributed by atoms with van der Waals surface area (Å²) < 4.78 is 47.4. The number of carbonyl (C=O) groups excluding carboxylic acids is 2. The van der Waals surface area contributed by atoms with Crippen LogP contribution >= 0.6 is 23.8 Å². The van der Waals surface area contributed by atoms with Crippen LogP contribution < -0.4 is 5.56 Å². The maximum absolute atomic E-state index is 13.5. The van der Waals surface area contributed by atoms with Gasteiger partial charge in [0.25, 0.3) is 11.5 Å². The molecule has 0 aliphatic carbocycles. The molecule has 0 radical (unpaired) electrons. The number of halogens is 4. The van der Waals surface area contributed by atoms with Crippen molar-refractivity contribution in [1.82, 2.24) is 24.0 Å². The topological polar surface area (TPSA) is 102 Å². The highest BCUT2D eigenvalue weighted by Gasteiger charge is 2.36. The number of aromatic nitrogens is 4. The molecule has 2 aromatic heterocycles. The van der Waals surface area contributed by atoms with Crippen molar-refractivity contribution >= 4 is 35.7 Å². The van der Waals surface area contributed by atoms with E-state index >= 15 is 0 Å². The molecule has 1 N–H and O–H groups in total. The Hall–Kier alpha value is -3.45. The maximum Gasteiger partial charge on any atom is 0.417 e. The van der Waals surface area contributed by atoms with Gasteiger partial charge >= 0.3 is 12.1 Å². The number of carbonyl (C=O) groups is 2. The van der Waals surface area contributed by atoms with Crippen LogP contribution in [-0.2, 0) is 30.9 Å². The van der Waals surface area contributed by atoms with Crippen molar-refractivity contribution in [2.75, 3.05) is 6.61 Å². The van der Waals surface area contributed by atoms with Crippen LogP contribution in [0.15, 0.2) is 29.2 Å². The summed E-state index contributed by atoms with van der Waals surface area (Å²) in [5.41, 5.74) is -1.01. The van der Waals surface area contributed by atoms with Crippen LogP contribution in [0.5, 0.6) is 0 Å². The van der Waals surface area contributed by atoms with Crippen LogP contribution in [0.4, 0.5) is 13.2 Å². The fourth-order valence-electron chi connectivity index (χ4n) is 4.21. The van der Waals surface area contributed by atoms with Crippen molar-refractivity contribution in [3.8, 4) is 5.82 Å². The molecule has 1 aliphatic rings. The summed E-state index contributed by atoms with van der Waals surface area (Å²) in [7, 11) is 1.54. The van der Waals surface area contributed by atoms with Crippen LogP contribution in [0.2, 0.25) is 5.02 Å². The second-order valence-electron chi connectivity index (χ2n) is 8.43. The third-order valence-corrected chi connectivity index (χ3v) is 6.69. The molecule has 1 atom stereocenters. The van der Waals surface area contributed by atoms with E-state index in [9.17, 15) is 27.6 Å². The lowest BCUT2D eigenvalue weighted by molar-refractivity contribution is -0.137.